The monoisotopic (exact) mass is 589 g/mol. The smallest absolute Gasteiger partial charge is 0.419 e. The summed E-state index contributed by atoms with van der Waals surface area (Å²) in [5.74, 6) is -0.820. The molecule has 11 nitrogen and oxygen atoms in total. The Morgan fingerprint density at radius 2 is 1.73 bits per heavy atom. The van der Waals surface area contributed by atoms with E-state index in [0.29, 0.717) is 23.1 Å². The zero-order valence-electron chi connectivity index (χ0n) is 22.1. The van der Waals surface area contributed by atoms with E-state index in [0.717, 1.165) is 10.6 Å². The van der Waals surface area contributed by atoms with Gasteiger partial charge in [0.15, 0.2) is 0 Å². The molecule has 2 N–H and O–H groups in total. The lowest BCUT2D eigenvalue weighted by molar-refractivity contribution is -0.137. The number of ether oxygens (including phenoxy) is 1. The number of hydrogen-bond acceptors (Lipinski definition) is 7. The van der Waals surface area contributed by atoms with Crippen molar-refractivity contribution in [2.24, 2.45) is 0 Å². The van der Waals surface area contributed by atoms with Crippen LogP contribution in [0.3, 0.4) is 0 Å². The second-order valence-corrected chi connectivity index (χ2v) is 10.1. The molecule has 1 aromatic carbocycles. The molecule has 0 radical (unpaired) electrons. The Hall–Kier alpha value is -4.72. The van der Waals surface area contributed by atoms with E-state index in [1.165, 1.54) is 42.3 Å². The molecular formula is C26H23ClF3N7O4. The first-order valence-corrected chi connectivity index (χ1v) is 12.3. The van der Waals surface area contributed by atoms with Gasteiger partial charge in [0.25, 0.3) is 5.91 Å². The van der Waals surface area contributed by atoms with Gasteiger partial charge in [-0.1, -0.05) is 16.8 Å². The number of carbonyl (C=O) groups is 3. The van der Waals surface area contributed by atoms with Crippen LogP contribution in [-0.4, -0.2) is 48.1 Å². The Morgan fingerprint density at radius 3 is 2.34 bits per heavy atom. The van der Waals surface area contributed by atoms with Crippen LogP contribution < -0.4 is 10.6 Å². The largest absolute Gasteiger partial charge is 0.443 e. The number of benzene rings is 1. The minimum absolute atomic E-state index is 0.191. The molecule has 3 heterocycles. The maximum absolute atomic E-state index is 13.3. The highest BCUT2D eigenvalue weighted by Crippen LogP contribution is 2.36. The third-order valence-electron chi connectivity index (χ3n) is 5.28. The van der Waals surface area contributed by atoms with Crippen molar-refractivity contribution in [1.29, 1.82) is 0 Å². The first kappa shape index (κ1) is 29.3. The molecule has 0 aliphatic carbocycles. The first-order chi connectivity index (χ1) is 19.1. The first-order valence-electron chi connectivity index (χ1n) is 11.9. The number of hydrogen-bond donors (Lipinski definition) is 2. The van der Waals surface area contributed by atoms with Crippen molar-refractivity contribution in [2.45, 2.75) is 39.5 Å². The molecule has 0 saturated heterocycles. The Labute approximate surface area is 236 Å². The third-order valence-corrected chi connectivity index (χ3v) is 5.61. The van der Waals surface area contributed by atoms with Gasteiger partial charge in [-0.3, -0.25) is 9.59 Å². The summed E-state index contributed by atoms with van der Waals surface area (Å²) < 4.78 is 47.5. The number of alkyl halides is 3. The van der Waals surface area contributed by atoms with Gasteiger partial charge >= 0.3 is 12.3 Å². The second-order valence-electron chi connectivity index (χ2n) is 9.74. The highest BCUT2D eigenvalue weighted by atomic mass is 35.5. The fourth-order valence-corrected chi connectivity index (χ4v) is 3.77. The molecule has 4 rings (SSSR count). The van der Waals surface area contributed by atoms with Crippen LogP contribution >= 0.6 is 11.6 Å². The number of aromatic nitrogens is 5. The maximum Gasteiger partial charge on any atom is 0.419 e. The van der Waals surface area contributed by atoms with Gasteiger partial charge in [0.1, 0.15) is 22.8 Å². The van der Waals surface area contributed by atoms with E-state index in [-0.39, 0.29) is 23.0 Å². The predicted octanol–water partition coefficient (Wildman–Crippen LogP) is 5.80. The molecule has 0 atom stereocenters. The van der Waals surface area contributed by atoms with E-state index in [1.54, 1.807) is 32.9 Å². The molecule has 0 bridgehead atoms. The molecule has 0 unspecified atom stereocenters. The fraction of sp³-hybridized carbons (Fsp3) is 0.231. The Bertz CT molecular complexity index is 1620. The van der Waals surface area contributed by atoms with E-state index in [4.69, 9.17) is 16.3 Å². The van der Waals surface area contributed by atoms with Gasteiger partial charge in [-0.05, 0) is 57.2 Å². The molecule has 2 amide bonds. The van der Waals surface area contributed by atoms with Crippen LogP contribution in [0.4, 0.5) is 29.5 Å². The molecule has 0 saturated carbocycles. The third kappa shape index (κ3) is 7.08. The fourth-order valence-electron chi connectivity index (χ4n) is 3.55. The Morgan fingerprint density at radius 1 is 1.00 bits per heavy atom. The summed E-state index contributed by atoms with van der Waals surface area (Å²) in [7, 11) is 0. The molecular weight excluding hydrogens is 567 g/mol. The van der Waals surface area contributed by atoms with Crippen LogP contribution in [-0.2, 0) is 15.7 Å². The van der Waals surface area contributed by atoms with Crippen LogP contribution in [0, 0.1) is 0 Å². The van der Waals surface area contributed by atoms with Crippen molar-refractivity contribution in [3.63, 3.8) is 0 Å². The summed E-state index contributed by atoms with van der Waals surface area (Å²) in [5.41, 5.74) is -1.28. The molecule has 0 aliphatic rings. The number of carbonyl (C=O) groups excluding carboxylic acids is 3. The molecule has 0 spiro atoms. The van der Waals surface area contributed by atoms with Crippen molar-refractivity contribution in [3.8, 4) is 16.9 Å². The van der Waals surface area contributed by atoms with E-state index < -0.39 is 34.4 Å². The molecule has 15 heteroatoms. The lowest BCUT2D eigenvalue weighted by Gasteiger charge is -2.20. The summed E-state index contributed by atoms with van der Waals surface area (Å²) in [6.45, 7) is 6.26. The van der Waals surface area contributed by atoms with Gasteiger partial charge in [-0.15, -0.1) is 5.10 Å². The van der Waals surface area contributed by atoms with Gasteiger partial charge in [-0.25, -0.2) is 19.0 Å². The SMILES string of the molecule is CC(=O)Nc1ccc(-c2cn(-c3cc(C(=O)Nc4ccc(Cl)c(C(F)(F)F)c4)n(C(=O)OC(C)(C)C)c3)nn2)cn1. The van der Waals surface area contributed by atoms with Crippen LogP contribution in [0.25, 0.3) is 16.9 Å². The normalized spacial score (nSPS) is 11.7. The number of amides is 2. The second kappa shape index (κ2) is 11.0. The molecule has 0 aliphatic heterocycles. The van der Waals surface area contributed by atoms with Crippen LogP contribution in [0.5, 0.6) is 0 Å². The van der Waals surface area contributed by atoms with Crippen molar-refractivity contribution < 1.29 is 32.3 Å². The summed E-state index contributed by atoms with van der Waals surface area (Å²) in [6, 6.07) is 7.45. The standard InChI is InChI=1S/C26H23ClF3N7O4/c1-14(38)32-22-8-5-15(11-31-22)20-13-37(35-34-20)17-10-21(36(12-17)24(40)41-25(2,3)4)23(39)33-16-6-7-19(27)18(9-16)26(28,29)30/h5-13H,1-4H3,(H,33,39)(H,31,32,38). The molecule has 41 heavy (non-hydrogen) atoms. The van der Waals surface area contributed by atoms with Crippen LogP contribution in [0.2, 0.25) is 5.02 Å². The number of nitrogens with one attached hydrogen (secondary N) is 2. The zero-order chi connectivity index (χ0) is 30.1. The lowest BCUT2D eigenvalue weighted by atomic mass is 10.2. The van der Waals surface area contributed by atoms with E-state index >= 15 is 0 Å². The number of nitrogens with zero attached hydrogens (tertiary/aromatic N) is 5. The minimum atomic E-state index is -4.74. The number of anilines is 2. The summed E-state index contributed by atoms with van der Waals surface area (Å²) >= 11 is 5.67. The summed E-state index contributed by atoms with van der Waals surface area (Å²) in [5, 5.41) is 12.5. The van der Waals surface area contributed by atoms with Crippen molar-refractivity contribution in [1.82, 2.24) is 24.5 Å². The highest BCUT2D eigenvalue weighted by Gasteiger charge is 2.33. The van der Waals surface area contributed by atoms with Gasteiger partial charge in [-0.2, -0.15) is 13.2 Å². The number of pyridine rings is 1. The molecule has 0 fully saturated rings. The van der Waals surface area contributed by atoms with Gasteiger partial charge in [0.2, 0.25) is 5.91 Å². The van der Waals surface area contributed by atoms with E-state index in [9.17, 15) is 27.6 Å². The van der Waals surface area contributed by atoms with Gasteiger partial charge in [0.05, 0.1) is 22.5 Å². The summed E-state index contributed by atoms with van der Waals surface area (Å²) in [6.07, 6.45) is -1.37. The quantitative estimate of drug-likeness (QED) is 0.301. The predicted molar refractivity (Wildman–Crippen MR) is 143 cm³/mol. The van der Waals surface area contributed by atoms with E-state index in [2.05, 4.69) is 25.9 Å². The van der Waals surface area contributed by atoms with Gasteiger partial charge < -0.3 is 15.4 Å². The number of rotatable bonds is 5. The molecule has 4 aromatic rings. The van der Waals surface area contributed by atoms with Crippen LogP contribution in [0.1, 0.15) is 43.7 Å². The Balaban J connectivity index is 1.67. The van der Waals surface area contributed by atoms with Crippen molar-refractivity contribution >= 4 is 41.0 Å². The summed E-state index contributed by atoms with van der Waals surface area (Å²) in [4.78, 5) is 41.5. The maximum atomic E-state index is 13.3. The van der Waals surface area contributed by atoms with Crippen molar-refractivity contribution in [3.05, 3.63) is 71.3 Å². The lowest BCUT2D eigenvalue weighted by Crippen LogP contribution is -2.29. The molecule has 214 valence electrons. The topological polar surface area (TPSA) is 133 Å². The molecule has 3 aromatic heterocycles. The average Bonchev–Trinajstić information content (AvgIpc) is 3.51. The Kier molecular flexibility index (Phi) is 7.88. The minimum Gasteiger partial charge on any atom is -0.443 e. The zero-order valence-corrected chi connectivity index (χ0v) is 22.8. The van der Waals surface area contributed by atoms with Crippen molar-refractivity contribution in [2.75, 3.05) is 10.6 Å². The number of halogens is 4. The van der Waals surface area contributed by atoms with Crippen LogP contribution in [0.15, 0.2) is 55.0 Å². The average molecular weight is 590 g/mol. The van der Waals surface area contributed by atoms with Gasteiger partial charge in [0, 0.05) is 30.6 Å². The van der Waals surface area contributed by atoms with E-state index in [1.807, 2.05) is 0 Å². The highest BCUT2D eigenvalue weighted by molar-refractivity contribution is 6.31.